The highest BCUT2D eigenvalue weighted by molar-refractivity contribution is 9.11. The molecule has 16 heavy (non-hydrogen) atoms. The Balaban J connectivity index is 2.17. The third-order valence-corrected chi connectivity index (χ3v) is 3.96. The van der Waals surface area contributed by atoms with Crippen LogP contribution < -0.4 is 5.73 Å². The minimum atomic E-state index is -0.108. The molecule has 0 aromatic carbocycles. The van der Waals surface area contributed by atoms with Gasteiger partial charge < -0.3 is 5.73 Å². The quantitative estimate of drug-likeness (QED) is 0.911. The lowest BCUT2D eigenvalue weighted by atomic mass is 10.1. The van der Waals surface area contributed by atoms with Crippen molar-refractivity contribution in [1.82, 2.24) is 9.97 Å². The summed E-state index contributed by atoms with van der Waals surface area (Å²) in [5.41, 5.74) is 8.79. The Morgan fingerprint density at radius 1 is 1.38 bits per heavy atom. The minimum absolute atomic E-state index is 0.108. The lowest BCUT2D eigenvalue weighted by molar-refractivity contribution is 0.698. The summed E-state index contributed by atoms with van der Waals surface area (Å²) >= 11 is 8.44. The van der Waals surface area contributed by atoms with Gasteiger partial charge in [0.1, 0.15) is 0 Å². The highest BCUT2D eigenvalue weighted by atomic mass is 79.9. The summed E-state index contributed by atoms with van der Waals surface area (Å²) < 4.78 is 1.87. The van der Waals surface area contributed by atoms with Crippen LogP contribution in [-0.4, -0.2) is 9.97 Å². The molecule has 3 nitrogen and oxygen atoms in total. The van der Waals surface area contributed by atoms with E-state index >= 15 is 0 Å². The Morgan fingerprint density at radius 3 is 2.81 bits per heavy atom. The van der Waals surface area contributed by atoms with Gasteiger partial charge in [0.05, 0.1) is 17.2 Å². The highest BCUT2D eigenvalue weighted by Crippen LogP contribution is 2.25. The van der Waals surface area contributed by atoms with Crippen molar-refractivity contribution in [3.8, 4) is 0 Å². The SMILES string of the molecule is NC(Cc1cncs1)c1ncc(Br)cc1Br. The maximum Gasteiger partial charge on any atom is 0.0794 e. The molecule has 2 N–H and O–H groups in total. The van der Waals surface area contributed by atoms with E-state index in [-0.39, 0.29) is 6.04 Å². The van der Waals surface area contributed by atoms with Gasteiger partial charge in [-0.05, 0) is 37.9 Å². The number of hydrogen-bond acceptors (Lipinski definition) is 4. The summed E-state index contributed by atoms with van der Waals surface area (Å²) in [6, 6.07) is 1.84. The monoisotopic (exact) mass is 361 g/mol. The van der Waals surface area contributed by atoms with Crippen molar-refractivity contribution in [1.29, 1.82) is 0 Å². The second kappa shape index (κ2) is 5.35. The predicted molar refractivity (Wildman–Crippen MR) is 72.4 cm³/mol. The van der Waals surface area contributed by atoms with E-state index in [2.05, 4.69) is 41.8 Å². The zero-order valence-corrected chi connectivity index (χ0v) is 12.2. The highest BCUT2D eigenvalue weighted by Gasteiger charge is 2.13. The van der Waals surface area contributed by atoms with Crippen molar-refractivity contribution in [2.24, 2.45) is 5.73 Å². The molecule has 2 heterocycles. The zero-order valence-electron chi connectivity index (χ0n) is 8.23. The van der Waals surface area contributed by atoms with Crippen LogP contribution in [0, 0.1) is 0 Å². The summed E-state index contributed by atoms with van der Waals surface area (Å²) in [7, 11) is 0. The number of nitrogens with two attached hydrogens (primary N) is 1. The van der Waals surface area contributed by atoms with Gasteiger partial charge in [-0.25, -0.2) is 0 Å². The molecular weight excluding hydrogens is 354 g/mol. The van der Waals surface area contributed by atoms with Crippen molar-refractivity contribution >= 4 is 43.2 Å². The van der Waals surface area contributed by atoms with Crippen LogP contribution in [0.15, 0.2) is 32.9 Å². The number of halogens is 2. The molecule has 0 fully saturated rings. The molecule has 0 amide bonds. The van der Waals surface area contributed by atoms with Gasteiger partial charge in [0.2, 0.25) is 0 Å². The van der Waals surface area contributed by atoms with Gasteiger partial charge in [-0.2, -0.15) is 0 Å². The largest absolute Gasteiger partial charge is 0.322 e. The lowest BCUT2D eigenvalue weighted by Crippen LogP contribution is -2.15. The first-order valence-electron chi connectivity index (χ1n) is 4.60. The maximum atomic E-state index is 6.11. The summed E-state index contributed by atoms with van der Waals surface area (Å²) in [5.74, 6) is 0. The topological polar surface area (TPSA) is 51.8 Å². The van der Waals surface area contributed by atoms with Gasteiger partial charge >= 0.3 is 0 Å². The normalized spacial score (nSPS) is 12.7. The lowest BCUT2D eigenvalue weighted by Gasteiger charge is -2.11. The van der Waals surface area contributed by atoms with E-state index in [1.54, 1.807) is 17.5 Å². The predicted octanol–water partition coefficient (Wildman–Crippen LogP) is 3.31. The van der Waals surface area contributed by atoms with Crippen molar-refractivity contribution < 1.29 is 0 Å². The molecule has 2 aromatic heterocycles. The van der Waals surface area contributed by atoms with Crippen LogP contribution in [0.4, 0.5) is 0 Å². The Labute approximate surface area is 114 Å². The van der Waals surface area contributed by atoms with E-state index in [4.69, 9.17) is 5.73 Å². The van der Waals surface area contributed by atoms with Gasteiger partial charge in [-0.3, -0.25) is 9.97 Å². The number of thiazole rings is 1. The molecule has 0 spiro atoms. The Hall–Kier alpha value is -0.300. The van der Waals surface area contributed by atoms with Crippen LogP contribution in [-0.2, 0) is 6.42 Å². The molecule has 1 atom stereocenters. The minimum Gasteiger partial charge on any atom is -0.322 e. The third kappa shape index (κ3) is 2.88. The molecule has 0 aliphatic rings. The first kappa shape index (κ1) is 12.2. The second-order valence-corrected chi connectivity index (χ2v) is 6.04. The standard InChI is InChI=1S/C10H9Br2N3S/c11-6-1-8(12)10(15-3-6)9(13)2-7-4-14-5-16-7/h1,3-5,9H,2,13H2. The van der Waals surface area contributed by atoms with Crippen molar-refractivity contribution in [2.45, 2.75) is 12.5 Å². The van der Waals surface area contributed by atoms with Crippen molar-refractivity contribution in [3.05, 3.63) is 43.5 Å². The molecule has 0 aliphatic carbocycles. The van der Waals surface area contributed by atoms with E-state index in [9.17, 15) is 0 Å². The number of hydrogen-bond donors (Lipinski definition) is 1. The van der Waals surface area contributed by atoms with Crippen LogP contribution >= 0.6 is 43.2 Å². The maximum absolute atomic E-state index is 6.11. The van der Waals surface area contributed by atoms with E-state index in [1.807, 2.05) is 17.8 Å². The van der Waals surface area contributed by atoms with E-state index < -0.39 is 0 Å². The fraction of sp³-hybridized carbons (Fsp3) is 0.200. The molecule has 0 saturated carbocycles. The fourth-order valence-corrected chi connectivity index (χ4v) is 3.29. The van der Waals surface area contributed by atoms with Gasteiger partial charge in [0.25, 0.3) is 0 Å². The summed E-state index contributed by atoms with van der Waals surface area (Å²) in [6.45, 7) is 0. The Bertz CT molecular complexity index is 473. The number of nitrogens with zero attached hydrogens (tertiary/aromatic N) is 2. The first-order chi connectivity index (χ1) is 7.66. The average Bonchev–Trinajstić information content (AvgIpc) is 2.70. The molecule has 0 radical (unpaired) electrons. The van der Waals surface area contributed by atoms with Crippen LogP contribution in [0.1, 0.15) is 16.6 Å². The number of pyridine rings is 1. The molecule has 0 bridgehead atoms. The second-order valence-electron chi connectivity index (χ2n) is 3.30. The van der Waals surface area contributed by atoms with Gasteiger partial charge in [0.15, 0.2) is 0 Å². The first-order valence-corrected chi connectivity index (χ1v) is 7.07. The zero-order chi connectivity index (χ0) is 11.5. The van der Waals surface area contributed by atoms with Gasteiger partial charge in [-0.15, -0.1) is 11.3 Å². The number of aromatic nitrogens is 2. The molecule has 1 unspecified atom stereocenters. The third-order valence-electron chi connectivity index (χ3n) is 2.09. The van der Waals surface area contributed by atoms with Gasteiger partial charge in [0, 0.05) is 32.6 Å². The van der Waals surface area contributed by atoms with Crippen LogP contribution in [0.25, 0.3) is 0 Å². The van der Waals surface area contributed by atoms with Crippen molar-refractivity contribution in [2.75, 3.05) is 0 Å². The smallest absolute Gasteiger partial charge is 0.0794 e. The van der Waals surface area contributed by atoms with Crippen LogP contribution in [0.2, 0.25) is 0 Å². The fourth-order valence-electron chi connectivity index (χ4n) is 1.35. The Kier molecular flexibility index (Phi) is 4.07. The van der Waals surface area contributed by atoms with Crippen molar-refractivity contribution in [3.63, 3.8) is 0 Å². The molecule has 6 heteroatoms. The van der Waals surface area contributed by atoms with E-state index in [1.165, 1.54) is 4.88 Å². The van der Waals surface area contributed by atoms with Crippen LogP contribution in [0.3, 0.4) is 0 Å². The molecule has 0 aliphatic heterocycles. The molecule has 2 rings (SSSR count). The number of rotatable bonds is 3. The molecule has 2 aromatic rings. The average molecular weight is 363 g/mol. The summed E-state index contributed by atoms with van der Waals surface area (Å²) in [4.78, 5) is 9.52. The van der Waals surface area contributed by atoms with Crippen LogP contribution in [0.5, 0.6) is 0 Å². The summed E-state index contributed by atoms with van der Waals surface area (Å²) in [6.07, 6.45) is 4.36. The Morgan fingerprint density at radius 2 is 2.19 bits per heavy atom. The molecule has 0 saturated heterocycles. The van der Waals surface area contributed by atoms with E-state index in [0.29, 0.717) is 0 Å². The molecule has 84 valence electrons. The summed E-state index contributed by atoms with van der Waals surface area (Å²) in [5, 5.41) is 0. The van der Waals surface area contributed by atoms with E-state index in [0.717, 1.165) is 21.1 Å². The van der Waals surface area contributed by atoms with Gasteiger partial charge in [-0.1, -0.05) is 0 Å². The molecular formula is C10H9Br2N3S.